The van der Waals surface area contributed by atoms with E-state index in [1.54, 1.807) is 0 Å². The molecular weight excluding hydrogens is 356 g/mol. The summed E-state index contributed by atoms with van der Waals surface area (Å²) in [5, 5.41) is 9.97. The normalized spacial score (nSPS) is 27.8. The Labute approximate surface area is 165 Å². The number of piperidine rings is 1. The van der Waals surface area contributed by atoms with Crippen LogP contribution in [-0.2, 0) is 13.0 Å². The van der Waals surface area contributed by atoms with Crippen LogP contribution in [-0.4, -0.2) is 45.2 Å². The number of nitrogens with zero attached hydrogens (tertiary/aromatic N) is 4. The largest absolute Gasteiger partial charge is 0.391 e. The quantitative estimate of drug-likeness (QED) is 0.879. The zero-order valence-electron chi connectivity index (χ0n) is 16.2. The van der Waals surface area contributed by atoms with E-state index >= 15 is 0 Å². The number of aliphatic hydroxyl groups excluding tert-OH is 1. The average molecular weight is 385 g/mol. The zero-order chi connectivity index (χ0) is 18.5. The summed E-state index contributed by atoms with van der Waals surface area (Å²) in [6, 6.07) is 3.41. The van der Waals surface area contributed by atoms with Gasteiger partial charge in [-0.2, -0.15) is 0 Å². The van der Waals surface area contributed by atoms with Crippen LogP contribution in [0.1, 0.15) is 58.3 Å². The van der Waals surface area contributed by atoms with Crippen LogP contribution in [0.25, 0.3) is 0 Å². The summed E-state index contributed by atoms with van der Waals surface area (Å²) < 4.78 is 0. The number of anilines is 1. The number of aliphatic hydroxyl groups is 1. The van der Waals surface area contributed by atoms with E-state index < -0.39 is 0 Å². The van der Waals surface area contributed by atoms with Crippen molar-refractivity contribution in [1.29, 1.82) is 0 Å². The molecule has 0 amide bonds. The van der Waals surface area contributed by atoms with E-state index in [9.17, 15) is 5.11 Å². The maximum atomic E-state index is 9.97. The SMILES string of the molecule is Cc1cc(CN2C3CCC2c2cnc(N4CCCC(O)C4)nc2C3)c(C)s1. The topological polar surface area (TPSA) is 52.5 Å². The van der Waals surface area contributed by atoms with E-state index in [1.807, 2.05) is 11.3 Å². The van der Waals surface area contributed by atoms with Gasteiger partial charge in [0.1, 0.15) is 0 Å². The lowest BCUT2D eigenvalue weighted by molar-refractivity contribution is 0.153. The molecule has 2 bridgehead atoms. The molecule has 2 fully saturated rings. The molecule has 0 saturated carbocycles. The van der Waals surface area contributed by atoms with Gasteiger partial charge in [0.2, 0.25) is 5.95 Å². The van der Waals surface area contributed by atoms with Gasteiger partial charge in [-0.25, -0.2) is 9.97 Å². The average Bonchev–Trinajstić information content (AvgIpc) is 3.11. The predicted octanol–water partition coefficient (Wildman–Crippen LogP) is 3.38. The molecule has 2 aromatic heterocycles. The van der Waals surface area contributed by atoms with Crippen molar-refractivity contribution in [3.05, 3.63) is 38.8 Å². The lowest BCUT2D eigenvalue weighted by atomic mass is 9.98. The van der Waals surface area contributed by atoms with Gasteiger partial charge in [0.05, 0.1) is 11.8 Å². The molecule has 0 spiro atoms. The van der Waals surface area contributed by atoms with Crippen molar-refractivity contribution < 1.29 is 5.11 Å². The van der Waals surface area contributed by atoms with Crippen molar-refractivity contribution in [2.24, 2.45) is 0 Å². The van der Waals surface area contributed by atoms with Gasteiger partial charge in [0.15, 0.2) is 0 Å². The Morgan fingerprint density at radius 3 is 2.93 bits per heavy atom. The van der Waals surface area contributed by atoms with Crippen molar-refractivity contribution in [1.82, 2.24) is 14.9 Å². The van der Waals surface area contributed by atoms with Crippen molar-refractivity contribution in [3.8, 4) is 0 Å². The fourth-order valence-electron chi connectivity index (χ4n) is 5.14. The number of thiophene rings is 1. The van der Waals surface area contributed by atoms with Gasteiger partial charge < -0.3 is 10.0 Å². The van der Waals surface area contributed by atoms with Crippen LogP contribution in [0, 0.1) is 13.8 Å². The number of hydrogen-bond donors (Lipinski definition) is 1. The molecule has 6 heteroatoms. The van der Waals surface area contributed by atoms with Gasteiger partial charge in [-0.3, -0.25) is 4.90 Å². The van der Waals surface area contributed by atoms with E-state index in [4.69, 9.17) is 9.97 Å². The Bertz CT molecular complexity index is 851. The summed E-state index contributed by atoms with van der Waals surface area (Å²) in [6.45, 7) is 7.11. The van der Waals surface area contributed by atoms with Crippen LogP contribution >= 0.6 is 11.3 Å². The summed E-state index contributed by atoms with van der Waals surface area (Å²) in [6.07, 6.45) is 7.22. The highest BCUT2D eigenvalue weighted by atomic mass is 32.1. The molecule has 5 rings (SSSR count). The van der Waals surface area contributed by atoms with E-state index in [2.05, 4.69) is 35.9 Å². The molecule has 0 aliphatic carbocycles. The number of hydrogen-bond acceptors (Lipinski definition) is 6. The van der Waals surface area contributed by atoms with Crippen molar-refractivity contribution in [3.63, 3.8) is 0 Å². The number of aryl methyl sites for hydroxylation is 2. The molecule has 5 nitrogen and oxygen atoms in total. The summed E-state index contributed by atoms with van der Waals surface area (Å²) in [7, 11) is 0. The standard InChI is InChI=1S/C21H28N4OS/c1-13-8-15(14(2)27-13)11-25-16-5-6-20(25)18-10-22-21(23-19(18)9-16)24-7-3-4-17(26)12-24/h8,10,16-17,20,26H,3-7,9,11-12H2,1-2H3. The minimum atomic E-state index is -0.248. The molecule has 2 saturated heterocycles. The minimum Gasteiger partial charge on any atom is -0.391 e. The fraction of sp³-hybridized carbons (Fsp3) is 0.619. The third-order valence-electron chi connectivity index (χ3n) is 6.49. The molecule has 3 aliphatic heterocycles. The maximum Gasteiger partial charge on any atom is 0.225 e. The third kappa shape index (κ3) is 3.18. The third-order valence-corrected chi connectivity index (χ3v) is 7.50. The minimum absolute atomic E-state index is 0.248. The summed E-state index contributed by atoms with van der Waals surface area (Å²) in [5.41, 5.74) is 4.05. The number of rotatable bonds is 3. The van der Waals surface area contributed by atoms with Crippen LogP contribution in [0.2, 0.25) is 0 Å². The molecule has 0 aromatic carbocycles. The number of β-amino-alcohol motifs (C(OH)–C–C–N with tert-alkyl or cyclic N) is 1. The highest BCUT2D eigenvalue weighted by molar-refractivity contribution is 7.12. The van der Waals surface area contributed by atoms with Crippen molar-refractivity contribution in [2.75, 3.05) is 18.0 Å². The first-order valence-corrected chi connectivity index (χ1v) is 11.0. The summed E-state index contributed by atoms with van der Waals surface area (Å²) in [4.78, 5) is 17.4. The molecule has 3 aliphatic rings. The second-order valence-electron chi connectivity index (χ2n) is 8.38. The molecule has 27 heavy (non-hydrogen) atoms. The zero-order valence-corrected chi connectivity index (χ0v) is 17.0. The molecule has 2 aromatic rings. The number of aromatic nitrogens is 2. The van der Waals surface area contributed by atoms with Gasteiger partial charge in [-0.05, 0) is 51.2 Å². The highest BCUT2D eigenvalue weighted by Gasteiger charge is 2.41. The van der Waals surface area contributed by atoms with Crippen LogP contribution in [0.15, 0.2) is 12.3 Å². The Morgan fingerprint density at radius 2 is 2.15 bits per heavy atom. The van der Waals surface area contributed by atoms with Crippen molar-refractivity contribution in [2.45, 2.75) is 70.7 Å². The molecular formula is C21H28N4OS. The Morgan fingerprint density at radius 1 is 1.26 bits per heavy atom. The Hall–Kier alpha value is -1.50. The van der Waals surface area contributed by atoms with E-state index in [0.29, 0.717) is 18.6 Å². The summed E-state index contributed by atoms with van der Waals surface area (Å²) >= 11 is 1.91. The van der Waals surface area contributed by atoms with Gasteiger partial charge >= 0.3 is 0 Å². The first-order valence-electron chi connectivity index (χ1n) is 10.2. The fourth-order valence-corrected chi connectivity index (χ4v) is 6.07. The van der Waals surface area contributed by atoms with Crippen LogP contribution in [0.5, 0.6) is 0 Å². The first kappa shape index (κ1) is 17.6. The van der Waals surface area contributed by atoms with E-state index in [0.717, 1.165) is 38.3 Å². The van der Waals surface area contributed by atoms with Crippen LogP contribution in [0.3, 0.4) is 0 Å². The monoisotopic (exact) mass is 384 g/mol. The lowest BCUT2D eigenvalue weighted by Gasteiger charge is -2.36. The van der Waals surface area contributed by atoms with Gasteiger partial charge in [0.25, 0.3) is 0 Å². The molecule has 5 heterocycles. The predicted molar refractivity (Wildman–Crippen MR) is 108 cm³/mol. The maximum absolute atomic E-state index is 9.97. The van der Waals surface area contributed by atoms with Gasteiger partial charge in [-0.1, -0.05) is 0 Å². The van der Waals surface area contributed by atoms with Gasteiger partial charge in [0, 0.05) is 59.7 Å². The highest BCUT2D eigenvalue weighted by Crippen LogP contribution is 2.44. The second kappa shape index (κ2) is 6.83. The van der Waals surface area contributed by atoms with Crippen LogP contribution < -0.4 is 4.90 Å². The van der Waals surface area contributed by atoms with Crippen LogP contribution in [0.4, 0.5) is 5.95 Å². The lowest BCUT2D eigenvalue weighted by Crippen LogP contribution is -2.41. The van der Waals surface area contributed by atoms with Crippen molar-refractivity contribution >= 4 is 17.3 Å². The molecule has 3 unspecified atom stereocenters. The van der Waals surface area contributed by atoms with E-state index in [-0.39, 0.29) is 6.10 Å². The second-order valence-corrected chi connectivity index (χ2v) is 9.84. The molecule has 3 atom stereocenters. The molecule has 1 N–H and O–H groups in total. The van der Waals surface area contributed by atoms with E-state index in [1.165, 1.54) is 39.4 Å². The first-order chi connectivity index (χ1) is 13.1. The number of fused-ring (bicyclic) bond motifs is 4. The molecule has 144 valence electrons. The smallest absolute Gasteiger partial charge is 0.225 e. The van der Waals surface area contributed by atoms with Gasteiger partial charge in [-0.15, -0.1) is 11.3 Å². The molecule has 0 radical (unpaired) electrons. The summed E-state index contributed by atoms with van der Waals surface area (Å²) in [5.74, 6) is 0.810. The Balaban J connectivity index is 1.40. The Kier molecular flexibility index (Phi) is 4.45.